The second-order valence-electron chi connectivity index (χ2n) is 5.30. The predicted octanol–water partition coefficient (Wildman–Crippen LogP) is 3.56. The second-order valence-corrected chi connectivity index (χ2v) is 7.44. The highest BCUT2D eigenvalue weighted by atomic mass is 28.3. The maximum Gasteiger partial charge on any atom is 0.382 e. The topological polar surface area (TPSA) is 44.8 Å². The molecule has 0 bridgehead atoms. The standard InChI is InChI=1S/C18H26O4Si/c1-5-10-16-11-6-7-12-17(16)22-23(20-4)14-9-8-13-21-18(19)15(2)3/h5-7,11-12,23H,1-2,8-10,13-14H2,3-4H3. The highest BCUT2D eigenvalue weighted by Gasteiger charge is 2.15. The molecule has 0 amide bonds. The van der Waals surface area contributed by atoms with Crippen molar-refractivity contribution in [3.63, 3.8) is 0 Å². The third-order valence-corrected chi connectivity index (χ3v) is 5.20. The fraction of sp³-hybridized carbons (Fsp3) is 0.389. The van der Waals surface area contributed by atoms with E-state index in [1.165, 1.54) is 0 Å². The molecule has 0 aliphatic heterocycles. The fourth-order valence-corrected chi connectivity index (χ4v) is 3.60. The van der Waals surface area contributed by atoms with Gasteiger partial charge >= 0.3 is 15.3 Å². The highest BCUT2D eigenvalue weighted by molar-refractivity contribution is 6.45. The van der Waals surface area contributed by atoms with E-state index in [2.05, 4.69) is 13.2 Å². The SMILES string of the molecule is C=CCc1ccccc1O[SiH](CCCCOC(=O)C(=C)C)OC. The number of unbranched alkanes of at least 4 members (excludes halogenated alkanes) is 1. The summed E-state index contributed by atoms with van der Waals surface area (Å²) >= 11 is 0. The summed E-state index contributed by atoms with van der Waals surface area (Å²) in [5, 5.41) is 0. The van der Waals surface area contributed by atoms with E-state index in [9.17, 15) is 4.79 Å². The molecule has 0 aliphatic carbocycles. The van der Waals surface area contributed by atoms with E-state index in [0.717, 1.165) is 36.6 Å². The minimum atomic E-state index is -1.77. The van der Waals surface area contributed by atoms with Gasteiger partial charge in [-0.25, -0.2) is 4.79 Å². The van der Waals surface area contributed by atoms with Crippen molar-refractivity contribution in [1.82, 2.24) is 0 Å². The lowest BCUT2D eigenvalue weighted by atomic mass is 10.1. The summed E-state index contributed by atoms with van der Waals surface area (Å²) in [6.45, 7) is 9.37. The smallest absolute Gasteiger partial charge is 0.382 e. The molecular weight excluding hydrogens is 308 g/mol. The van der Waals surface area contributed by atoms with Crippen LogP contribution < -0.4 is 4.43 Å². The van der Waals surface area contributed by atoms with Gasteiger partial charge < -0.3 is 13.6 Å². The number of rotatable bonds is 11. The first-order chi connectivity index (χ1) is 11.1. The van der Waals surface area contributed by atoms with E-state index in [4.69, 9.17) is 13.6 Å². The zero-order chi connectivity index (χ0) is 17.1. The van der Waals surface area contributed by atoms with E-state index in [1.807, 2.05) is 30.3 Å². The normalized spacial score (nSPS) is 11.6. The average Bonchev–Trinajstić information content (AvgIpc) is 2.54. The molecule has 126 valence electrons. The largest absolute Gasteiger partial charge is 0.522 e. The molecule has 0 aromatic heterocycles. The second kappa shape index (κ2) is 10.8. The van der Waals surface area contributed by atoms with Crippen LogP contribution >= 0.6 is 0 Å². The van der Waals surface area contributed by atoms with Gasteiger partial charge in [0, 0.05) is 12.7 Å². The number of benzene rings is 1. The summed E-state index contributed by atoms with van der Waals surface area (Å²) in [7, 11) is -0.0834. The van der Waals surface area contributed by atoms with Crippen molar-refractivity contribution in [2.24, 2.45) is 0 Å². The van der Waals surface area contributed by atoms with Crippen molar-refractivity contribution in [3.05, 3.63) is 54.6 Å². The molecule has 1 aromatic carbocycles. The van der Waals surface area contributed by atoms with E-state index in [-0.39, 0.29) is 5.97 Å². The third-order valence-electron chi connectivity index (χ3n) is 3.27. The van der Waals surface area contributed by atoms with Crippen molar-refractivity contribution in [3.8, 4) is 5.75 Å². The lowest BCUT2D eigenvalue weighted by Gasteiger charge is -2.18. The quantitative estimate of drug-likeness (QED) is 0.204. The Bertz CT molecular complexity index is 528. The van der Waals surface area contributed by atoms with Gasteiger partial charge in [0.1, 0.15) is 5.75 Å². The monoisotopic (exact) mass is 334 g/mol. The predicted molar refractivity (Wildman–Crippen MR) is 94.9 cm³/mol. The molecule has 0 saturated heterocycles. The first-order valence-electron chi connectivity index (χ1n) is 7.79. The molecular formula is C18H26O4Si. The maximum absolute atomic E-state index is 11.3. The van der Waals surface area contributed by atoms with Crippen LogP contribution in [-0.4, -0.2) is 29.0 Å². The Morgan fingerprint density at radius 3 is 2.70 bits per heavy atom. The van der Waals surface area contributed by atoms with Crippen molar-refractivity contribution in [2.45, 2.75) is 32.2 Å². The summed E-state index contributed by atoms with van der Waals surface area (Å²) < 4.78 is 16.7. The molecule has 1 atom stereocenters. The Morgan fingerprint density at radius 1 is 1.30 bits per heavy atom. The lowest BCUT2D eigenvalue weighted by Crippen LogP contribution is -2.25. The zero-order valence-corrected chi connectivity index (χ0v) is 15.2. The van der Waals surface area contributed by atoms with Crippen LogP contribution in [0.3, 0.4) is 0 Å². The van der Waals surface area contributed by atoms with Crippen molar-refractivity contribution >= 4 is 15.3 Å². The first kappa shape index (κ1) is 19.2. The minimum Gasteiger partial charge on any atom is -0.522 e. The molecule has 1 aromatic rings. The number of carbonyl (C=O) groups excluding carboxylic acids is 1. The summed E-state index contributed by atoms with van der Waals surface area (Å²) in [5.41, 5.74) is 1.55. The van der Waals surface area contributed by atoms with Gasteiger partial charge in [0.05, 0.1) is 6.61 Å². The number of esters is 1. The van der Waals surface area contributed by atoms with Crippen LogP contribution in [0.4, 0.5) is 0 Å². The Balaban J connectivity index is 2.39. The third kappa shape index (κ3) is 7.30. The number of allylic oxidation sites excluding steroid dienone is 1. The van der Waals surface area contributed by atoms with Gasteiger partial charge in [-0.15, -0.1) is 6.58 Å². The number of hydrogen-bond donors (Lipinski definition) is 0. The van der Waals surface area contributed by atoms with Crippen LogP contribution in [0.2, 0.25) is 6.04 Å². The van der Waals surface area contributed by atoms with Crippen LogP contribution in [0.15, 0.2) is 49.1 Å². The molecule has 0 N–H and O–H groups in total. The van der Waals surface area contributed by atoms with Crippen molar-refractivity contribution < 1.29 is 18.4 Å². The van der Waals surface area contributed by atoms with Gasteiger partial charge in [0.25, 0.3) is 0 Å². The maximum atomic E-state index is 11.3. The van der Waals surface area contributed by atoms with Crippen molar-refractivity contribution in [2.75, 3.05) is 13.7 Å². The van der Waals surface area contributed by atoms with Crippen LogP contribution in [0.1, 0.15) is 25.3 Å². The van der Waals surface area contributed by atoms with Gasteiger partial charge in [0.15, 0.2) is 0 Å². The van der Waals surface area contributed by atoms with Gasteiger partial charge in [-0.1, -0.05) is 30.9 Å². The molecule has 23 heavy (non-hydrogen) atoms. The molecule has 1 rings (SSSR count). The lowest BCUT2D eigenvalue weighted by molar-refractivity contribution is -0.139. The molecule has 5 heteroatoms. The molecule has 1 unspecified atom stereocenters. The fourth-order valence-electron chi connectivity index (χ4n) is 2.01. The molecule has 0 radical (unpaired) electrons. The Labute approximate surface area is 140 Å². The molecule has 0 saturated carbocycles. The van der Waals surface area contributed by atoms with E-state index < -0.39 is 9.28 Å². The van der Waals surface area contributed by atoms with E-state index >= 15 is 0 Å². The van der Waals surface area contributed by atoms with Crippen LogP contribution in [0.5, 0.6) is 5.75 Å². The Hall–Kier alpha value is -1.85. The van der Waals surface area contributed by atoms with Crippen LogP contribution in [0, 0.1) is 0 Å². The molecule has 0 heterocycles. The number of carbonyl (C=O) groups is 1. The molecule has 0 aliphatic rings. The van der Waals surface area contributed by atoms with Crippen LogP contribution in [0.25, 0.3) is 0 Å². The first-order valence-corrected chi connectivity index (χ1v) is 9.55. The Morgan fingerprint density at radius 2 is 2.04 bits per heavy atom. The summed E-state index contributed by atoms with van der Waals surface area (Å²) in [6, 6.07) is 8.82. The van der Waals surface area contributed by atoms with E-state index in [1.54, 1.807) is 14.0 Å². The van der Waals surface area contributed by atoms with Gasteiger partial charge in [-0.3, -0.25) is 0 Å². The Kier molecular flexibility index (Phi) is 9.02. The van der Waals surface area contributed by atoms with Crippen molar-refractivity contribution in [1.29, 1.82) is 0 Å². The average molecular weight is 334 g/mol. The summed E-state index contributed by atoms with van der Waals surface area (Å²) in [4.78, 5) is 11.3. The molecule has 0 spiro atoms. The van der Waals surface area contributed by atoms with Crippen LogP contribution in [-0.2, 0) is 20.4 Å². The molecule has 4 nitrogen and oxygen atoms in total. The van der Waals surface area contributed by atoms with Gasteiger partial charge in [-0.2, -0.15) is 0 Å². The zero-order valence-electron chi connectivity index (χ0n) is 14.0. The number of ether oxygens (including phenoxy) is 1. The highest BCUT2D eigenvalue weighted by Crippen LogP contribution is 2.21. The minimum absolute atomic E-state index is 0.333. The van der Waals surface area contributed by atoms with Gasteiger partial charge in [0.2, 0.25) is 0 Å². The van der Waals surface area contributed by atoms with Gasteiger partial charge in [-0.05, 0) is 43.9 Å². The number of para-hydroxylation sites is 1. The summed E-state index contributed by atoms with van der Waals surface area (Å²) in [5.74, 6) is 0.541. The number of hydrogen-bond acceptors (Lipinski definition) is 4. The molecule has 0 fully saturated rings. The summed E-state index contributed by atoms with van der Waals surface area (Å²) in [6.07, 6.45) is 4.33. The van der Waals surface area contributed by atoms with E-state index in [0.29, 0.717) is 12.2 Å².